The fourth-order valence-electron chi connectivity index (χ4n) is 3.80. The molecular weight excluding hydrogens is 434 g/mol. The summed E-state index contributed by atoms with van der Waals surface area (Å²) in [7, 11) is -3.68. The van der Waals surface area contributed by atoms with Crippen LogP contribution < -0.4 is 10.1 Å². The van der Waals surface area contributed by atoms with Crippen molar-refractivity contribution in [2.24, 2.45) is 5.92 Å². The number of sulfonamides is 1. The molecule has 1 saturated heterocycles. The molecule has 1 fully saturated rings. The van der Waals surface area contributed by atoms with Gasteiger partial charge in [0, 0.05) is 25.1 Å². The maximum atomic E-state index is 13.0. The molecule has 1 aliphatic heterocycles. The van der Waals surface area contributed by atoms with Crippen LogP contribution in [0.5, 0.6) is 5.75 Å². The highest BCUT2D eigenvalue weighted by Crippen LogP contribution is 2.29. The van der Waals surface area contributed by atoms with E-state index in [0.717, 1.165) is 5.56 Å². The maximum Gasteiger partial charge on any atom is 0.274 e. The first-order chi connectivity index (χ1) is 15.1. The molecule has 1 N–H and O–H groups in total. The summed E-state index contributed by atoms with van der Waals surface area (Å²) in [6.07, 6.45) is 0.740. The Bertz CT molecular complexity index is 1120. The number of nitrogens with one attached hydrogen (secondary N) is 1. The first-order valence-corrected chi connectivity index (χ1v) is 11.9. The normalized spacial score (nSPS) is 15.3. The van der Waals surface area contributed by atoms with Gasteiger partial charge in [-0.3, -0.25) is 14.9 Å². The third-order valence-electron chi connectivity index (χ3n) is 5.67. The van der Waals surface area contributed by atoms with Gasteiger partial charge in [0.05, 0.1) is 27.7 Å². The highest BCUT2D eigenvalue weighted by atomic mass is 32.2. The molecule has 9 nitrogen and oxygen atoms in total. The number of hydrogen-bond donors (Lipinski definition) is 1. The summed E-state index contributed by atoms with van der Waals surface area (Å²) < 4.78 is 33.0. The molecule has 0 spiro atoms. The molecule has 0 radical (unpaired) electrons. The van der Waals surface area contributed by atoms with E-state index in [1.165, 1.54) is 22.5 Å². The lowest BCUT2D eigenvalue weighted by Crippen LogP contribution is -2.41. The number of nitro groups is 1. The largest absolute Gasteiger partial charge is 0.494 e. The SMILES string of the molecule is CCOc1ccc(S(=O)(=O)N2CCC(C(=O)Nc3cccc([N+](=O)[O-])c3C)CC2)cc1C. The molecule has 0 aromatic heterocycles. The molecule has 3 rings (SSSR count). The van der Waals surface area contributed by atoms with E-state index in [0.29, 0.717) is 36.4 Å². The Morgan fingerprint density at radius 2 is 1.91 bits per heavy atom. The molecule has 2 aromatic rings. The summed E-state index contributed by atoms with van der Waals surface area (Å²) in [4.78, 5) is 23.5. The summed E-state index contributed by atoms with van der Waals surface area (Å²) >= 11 is 0. The average molecular weight is 462 g/mol. The minimum absolute atomic E-state index is 0.0608. The summed E-state index contributed by atoms with van der Waals surface area (Å²) in [6, 6.07) is 9.33. The van der Waals surface area contributed by atoms with Gasteiger partial charge < -0.3 is 10.1 Å². The number of nitrogens with zero attached hydrogens (tertiary/aromatic N) is 2. The van der Waals surface area contributed by atoms with E-state index in [9.17, 15) is 23.3 Å². The number of anilines is 1. The quantitative estimate of drug-likeness (QED) is 0.497. The lowest BCUT2D eigenvalue weighted by Gasteiger charge is -2.30. The van der Waals surface area contributed by atoms with Gasteiger partial charge >= 0.3 is 0 Å². The average Bonchev–Trinajstić information content (AvgIpc) is 2.76. The van der Waals surface area contributed by atoms with Crippen LogP contribution in [-0.2, 0) is 14.8 Å². The molecule has 1 aliphatic rings. The number of ether oxygens (including phenoxy) is 1. The molecule has 0 atom stereocenters. The van der Waals surface area contributed by atoms with E-state index in [1.807, 2.05) is 6.92 Å². The van der Waals surface area contributed by atoms with Crippen LogP contribution in [0.25, 0.3) is 0 Å². The second-order valence-corrected chi connectivity index (χ2v) is 9.67. The molecule has 0 bridgehead atoms. The third-order valence-corrected chi connectivity index (χ3v) is 7.56. The number of carbonyl (C=O) groups is 1. The summed E-state index contributed by atoms with van der Waals surface area (Å²) in [5.74, 6) is 0.0167. The van der Waals surface area contributed by atoms with Gasteiger partial charge in [0.25, 0.3) is 5.69 Å². The van der Waals surface area contributed by atoms with Crippen molar-refractivity contribution in [3.8, 4) is 5.75 Å². The monoisotopic (exact) mass is 461 g/mol. The first-order valence-electron chi connectivity index (χ1n) is 10.4. The molecule has 1 amide bonds. The molecular formula is C22H27N3O6S. The number of nitro benzene ring substituents is 1. The highest BCUT2D eigenvalue weighted by molar-refractivity contribution is 7.89. The second kappa shape index (κ2) is 9.66. The lowest BCUT2D eigenvalue weighted by molar-refractivity contribution is -0.385. The van der Waals surface area contributed by atoms with Gasteiger partial charge in [0.1, 0.15) is 5.75 Å². The number of rotatable bonds is 7. The minimum Gasteiger partial charge on any atom is -0.494 e. The number of piperidine rings is 1. The molecule has 10 heteroatoms. The first kappa shape index (κ1) is 23.7. The second-order valence-electron chi connectivity index (χ2n) is 7.73. The van der Waals surface area contributed by atoms with Crippen molar-refractivity contribution < 1.29 is 22.9 Å². The topological polar surface area (TPSA) is 119 Å². The number of benzene rings is 2. The fourth-order valence-corrected chi connectivity index (χ4v) is 5.35. The van der Waals surface area contributed by atoms with Crippen molar-refractivity contribution in [3.05, 3.63) is 57.6 Å². The van der Waals surface area contributed by atoms with Crippen LogP contribution in [0.15, 0.2) is 41.3 Å². The van der Waals surface area contributed by atoms with Gasteiger partial charge in [-0.1, -0.05) is 6.07 Å². The van der Waals surface area contributed by atoms with Crippen LogP contribution in [0.3, 0.4) is 0 Å². The number of amides is 1. The Kier molecular flexibility index (Phi) is 7.15. The van der Waals surface area contributed by atoms with Crippen molar-refractivity contribution >= 4 is 27.3 Å². The zero-order chi connectivity index (χ0) is 23.5. The number of aryl methyl sites for hydroxylation is 1. The Hall–Kier alpha value is -2.98. The molecule has 172 valence electrons. The van der Waals surface area contributed by atoms with Gasteiger partial charge in [0.2, 0.25) is 15.9 Å². The van der Waals surface area contributed by atoms with E-state index in [2.05, 4.69) is 5.32 Å². The van der Waals surface area contributed by atoms with Crippen LogP contribution in [0.1, 0.15) is 30.9 Å². The van der Waals surface area contributed by atoms with Crippen LogP contribution in [-0.4, -0.2) is 43.2 Å². The van der Waals surface area contributed by atoms with E-state index in [-0.39, 0.29) is 35.5 Å². The van der Waals surface area contributed by atoms with Gasteiger partial charge in [0.15, 0.2) is 0 Å². The van der Waals surface area contributed by atoms with Gasteiger partial charge in [-0.05, 0) is 63.4 Å². The van der Waals surface area contributed by atoms with E-state index in [4.69, 9.17) is 4.74 Å². The molecule has 0 unspecified atom stereocenters. The molecule has 0 saturated carbocycles. The van der Waals surface area contributed by atoms with Crippen LogP contribution >= 0.6 is 0 Å². The van der Waals surface area contributed by atoms with Crippen LogP contribution in [0.2, 0.25) is 0 Å². The van der Waals surface area contributed by atoms with Crippen molar-refractivity contribution in [3.63, 3.8) is 0 Å². The van der Waals surface area contributed by atoms with Crippen LogP contribution in [0, 0.1) is 29.9 Å². The van der Waals surface area contributed by atoms with Crippen molar-refractivity contribution in [1.82, 2.24) is 4.31 Å². The third kappa shape index (κ3) is 4.91. The van der Waals surface area contributed by atoms with Gasteiger partial charge in [-0.15, -0.1) is 0 Å². The molecule has 32 heavy (non-hydrogen) atoms. The van der Waals surface area contributed by atoms with E-state index in [1.54, 1.807) is 32.0 Å². The summed E-state index contributed by atoms with van der Waals surface area (Å²) in [5, 5.41) is 13.9. The minimum atomic E-state index is -3.68. The van der Waals surface area contributed by atoms with Crippen molar-refractivity contribution in [2.45, 2.75) is 38.5 Å². The Morgan fingerprint density at radius 3 is 2.50 bits per heavy atom. The number of hydrogen-bond acceptors (Lipinski definition) is 6. The predicted octanol–water partition coefficient (Wildman–Crippen LogP) is 3.65. The molecule has 2 aromatic carbocycles. The smallest absolute Gasteiger partial charge is 0.274 e. The van der Waals surface area contributed by atoms with E-state index >= 15 is 0 Å². The van der Waals surface area contributed by atoms with E-state index < -0.39 is 14.9 Å². The van der Waals surface area contributed by atoms with Crippen LogP contribution in [0.4, 0.5) is 11.4 Å². The van der Waals surface area contributed by atoms with Gasteiger partial charge in [-0.2, -0.15) is 4.31 Å². The van der Waals surface area contributed by atoms with Crippen molar-refractivity contribution in [2.75, 3.05) is 25.0 Å². The number of carbonyl (C=O) groups excluding carboxylic acids is 1. The predicted molar refractivity (Wildman–Crippen MR) is 120 cm³/mol. The summed E-state index contributed by atoms with van der Waals surface area (Å²) in [5.41, 5.74) is 1.46. The molecule has 1 heterocycles. The maximum absolute atomic E-state index is 13.0. The lowest BCUT2D eigenvalue weighted by atomic mass is 9.97. The highest BCUT2D eigenvalue weighted by Gasteiger charge is 2.32. The Morgan fingerprint density at radius 1 is 1.22 bits per heavy atom. The zero-order valence-corrected chi connectivity index (χ0v) is 19.1. The standard InChI is InChI=1S/C22H27N3O6S/c1-4-31-21-9-8-18(14-15(21)2)32(29,30)24-12-10-17(11-13-24)22(26)23-19-6-5-7-20(16(19)3)25(27)28/h5-9,14,17H,4,10-13H2,1-3H3,(H,23,26). The fraction of sp³-hybridized carbons (Fsp3) is 0.409. The Balaban J connectivity index is 1.66. The molecule has 0 aliphatic carbocycles. The summed E-state index contributed by atoms with van der Waals surface area (Å²) in [6.45, 7) is 6.20. The van der Waals surface area contributed by atoms with Gasteiger partial charge in [-0.25, -0.2) is 8.42 Å². The Labute approximate surface area is 187 Å². The zero-order valence-electron chi connectivity index (χ0n) is 18.3. The van der Waals surface area contributed by atoms with Crippen molar-refractivity contribution in [1.29, 1.82) is 0 Å².